The monoisotopic (exact) mass is 218 g/mol. The van der Waals surface area contributed by atoms with Gasteiger partial charge in [0.2, 0.25) is 13.3 Å². The van der Waals surface area contributed by atoms with Gasteiger partial charge in [-0.1, -0.05) is 0 Å². The molecule has 0 spiro atoms. The second-order valence-electron chi connectivity index (χ2n) is 6.72. The molecule has 0 aliphatic heterocycles. The van der Waals surface area contributed by atoms with E-state index in [-0.39, 0.29) is 0 Å². The van der Waals surface area contributed by atoms with Crippen molar-refractivity contribution in [2.75, 3.05) is 68.7 Å². The lowest BCUT2D eigenvalue weighted by Crippen LogP contribution is -2.62. The van der Waals surface area contributed by atoms with Crippen molar-refractivity contribution in [2.45, 2.75) is 13.8 Å². The molecule has 0 atom stereocenters. The highest BCUT2D eigenvalue weighted by Gasteiger charge is 2.31. The molecule has 15 heavy (non-hydrogen) atoms. The molecule has 0 aromatic rings. The van der Waals surface area contributed by atoms with Gasteiger partial charge >= 0.3 is 0 Å². The molecule has 3 nitrogen and oxygen atoms in total. The van der Waals surface area contributed by atoms with Crippen LogP contribution in [0, 0.1) is 0 Å². The summed E-state index contributed by atoms with van der Waals surface area (Å²) in [4.78, 5) is 0. The molecular weight excluding hydrogens is 186 g/mol. The zero-order valence-electron chi connectivity index (χ0n) is 12.2. The minimum absolute atomic E-state index is 1.08. The highest BCUT2D eigenvalue weighted by atomic mass is 15.6. The molecule has 0 amide bonds. The summed E-state index contributed by atoms with van der Waals surface area (Å²) in [6.45, 7) is 9.30. The normalized spacial score (nSPS) is 14.4. The fourth-order valence-electron chi connectivity index (χ4n) is 2.32. The fraction of sp³-hybridized carbons (Fsp3) is 1.00. The Morgan fingerprint density at radius 2 is 0.800 bits per heavy atom. The van der Waals surface area contributed by atoms with Crippen LogP contribution in [0.15, 0.2) is 0 Å². The van der Waals surface area contributed by atoms with E-state index in [1.807, 2.05) is 0 Å². The number of nitrogens with zero attached hydrogens (tertiary/aromatic N) is 3. The van der Waals surface area contributed by atoms with E-state index in [9.17, 15) is 0 Å². The Morgan fingerprint density at radius 3 is 1.00 bits per heavy atom. The van der Waals surface area contributed by atoms with Crippen LogP contribution in [-0.4, -0.2) is 82.2 Å². The van der Waals surface area contributed by atoms with Crippen molar-refractivity contribution < 1.29 is 13.4 Å². The topological polar surface area (TPSA) is 0 Å². The summed E-state index contributed by atoms with van der Waals surface area (Å²) in [5, 5.41) is 0. The SMILES string of the molecule is CC[N+](C)(C)C[N+](C)(C)C[N+](C)(C)CC. The van der Waals surface area contributed by atoms with Crippen molar-refractivity contribution in [3.05, 3.63) is 0 Å². The minimum atomic E-state index is 1.08. The second-order valence-corrected chi connectivity index (χ2v) is 6.72. The van der Waals surface area contributed by atoms with E-state index in [4.69, 9.17) is 0 Å². The first-order valence-electron chi connectivity index (χ1n) is 5.99. The van der Waals surface area contributed by atoms with Gasteiger partial charge in [-0.15, -0.1) is 0 Å². The molecule has 0 N–H and O–H groups in total. The molecule has 0 fully saturated rings. The van der Waals surface area contributed by atoms with Crippen molar-refractivity contribution >= 4 is 0 Å². The first kappa shape index (κ1) is 14.9. The van der Waals surface area contributed by atoms with E-state index < -0.39 is 0 Å². The maximum atomic E-state index is 2.34. The van der Waals surface area contributed by atoms with Crippen LogP contribution in [0.3, 0.4) is 0 Å². The zero-order chi connectivity index (χ0) is 12.3. The van der Waals surface area contributed by atoms with Crippen LogP contribution in [0.1, 0.15) is 13.8 Å². The van der Waals surface area contributed by atoms with Crippen LogP contribution in [0.25, 0.3) is 0 Å². The Hall–Kier alpha value is -0.120. The van der Waals surface area contributed by atoms with E-state index >= 15 is 0 Å². The molecule has 0 aromatic carbocycles. The summed E-state index contributed by atoms with van der Waals surface area (Å²) in [5.41, 5.74) is 0. The Morgan fingerprint density at radius 1 is 0.533 bits per heavy atom. The third-order valence-corrected chi connectivity index (χ3v) is 3.24. The molecule has 0 rings (SSSR count). The van der Waals surface area contributed by atoms with Gasteiger partial charge < -0.3 is 0 Å². The van der Waals surface area contributed by atoms with E-state index in [1.54, 1.807) is 0 Å². The molecule has 0 unspecified atom stereocenters. The summed E-state index contributed by atoms with van der Waals surface area (Å²) in [6.07, 6.45) is 0. The molecule has 0 aliphatic carbocycles. The van der Waals surface area contributed by atoms with Crippen LogP contribution >= 0.6 is 0 Å². The Balaban J connectivity index is 4.43. The lowest BCUT2D eigenvalue weighted by atomic mass is 10.4. The Labute approximate surface area is 96.7 Å². The van der Waals surface area contributed by atoms with Gasteiger partial charge in [-0.3, -0.25) is 8.97 Å². The van der Waals surface area contributed by atoms with Crippen LogP contribution < -0.4 is 0 Å². The van der Waals surface area contributed by atoms with Gasteiger partial charge in [-0.25, -0.2) is 4.48 Å². The van der Waals surface area contributed by atoms with Crippen molar-refractivity contribution in [1.29, 1.82) is 0 Å². The van der Waals surface area contributed by atoms with Gasteiger partial charge in [0.25, 0.3) is 0 Å². The number of hydrogen-bond acceptors (Lipinski definition) is 0. The first-order chi connectivity index (χ1) is 6.54. The lowest BCUT2D eigenvalue weighted by Gasteiger charge is -2.41. The second kappa shape index (κ2) is 4.81. The minimum Gasteiger partial charge on any atom is -0.282 e. The van der Waals surface area contributed by atoms with Crippen LogP contribution in [-0.2, 0) is 0 Å². The largest absolute Gasteiger partial charge is 0.282 e. The van der Waals surface area contributed by atoms with E-state index in [2.05, 4.69) is 56.1 Å². The van der Waals surface area contributed by atoms with Crippen LogP contribution in [0.4, 0.5) is 0 Å². The van der Waals surface area contributed by atoms with Crippen molar-refractivity contribution in [1.82, 2.24) is 0 Å². The Bertz CT molecular complexity index is 175. The summed E-state index contributed by atoms with van der Waals surface area (Å²) < 4.78 is 3.27. The highest BCUT2D eigenvalue weighted by molar-refractivity contribution is 4.23. The molecule has 0 aromatic heterocycles. The average molecular weight is 218 g/mol. The number of rotatable bonds is 6. The molecule has 0 heterocycles. The standard InChI is InChI=1S/C12H32N3/c1-9-13(3,4)11-15(7,8)12-14(5,6)10-2/h9-12H2,1-8H3/q+3. The van der Waals surface area contributed by atoms with Crippen molar-refractivity contribution in [3.63, 3.8) is 0 Å². The molecule has 0 saturated carbocycles. The average Bonchev–Trinajstić information content (AvgIpc) is 2.00. The number of quaternary nitrogens is 3. The molecule has 0 radical (unpaired) electrons. The van der Waals surface area contributed by atoms with Crippen molar-refractivity contribution in [3.8, 4) is 0 Å². The van der Waals surface area contributed by atoms with Crippen LogP contribution in [0.2, 0.25) is 0 Å². The van der Waals surface area contributed by atoms with Crippen molar-refractivity contribution in [2.24, 2.45) is 0 Å². The number of hydrogen-bond donors (Lipinski definition) is 0. The molecule has 3 heteroatoms. The van der Waals surface area contributed by atoms with Gasteiger partial charge in [0, 0.05) is 0 Å². The summed E-state index contributed by atoms with van der Waals surface area (Å²) in [6, 6.07) is 0. The Kier molecular flexibility index (Phi) is 4.77. The molecule has 0 aliphatic rings. The molecule has 0 bridgehead atoms. The summed E-state index contributed by atoms with van der Waals surface area (Å²) in [5.74, 6) is 0. The van der Waals surface area contributed by atoms with E-state index in [0.29, 0.717) is 0 Å². The smallest absolute Gasteiger partial charge is 0.211 e. The predicted octanol–water partition coefficient (Wildman–Crippen LogP) is 1.17. The quantitative estimate of drug-likeness (QED) is 0.464. The van der Waals surface area contributed by atoms with E-state index in [1.165, 1.54) is 26.4 Å². The molecular formula is C12H32N3+3. The predicted molar refractivity (Wildman–Crippen MR) is 67.1 cm³/mol. The van der Waals surface area contributed by atoms with E-state index in [0.717, 1.165) is 13.4 Å². The third kappa shape index (κ3) is 6.13. The molecule has 92 valence electrons. The first-order valence-corrected chi connectivity index (χ1v) is 5.99. The summed E-state index contributed by atoms with van der Waals surface area (Å²) >= 11 is 0. The van der Waals surface area contributed by atoms with Gasteiger partial charge in [-0.2, -0.15) is 0 Å². The van der Waals surface area contributed by atoms with Crippen LogP contribution in [0.5, 0.6) is 0 Å². The van der Waals surface area contributed by atoms with Gasteiger partial charge in [0.15, 0.2) is 0 Å². The zero-order valence-corrected chi connectivity index (χ0v) is 12.2. The fourth-order valence-corrected chi connectivity index (χ4v) is 2.32. The third-order valence-electron chi connectivity index (χ3n) is 3.24. The molecule has 0 saturated heterocycles. The maximum Gasteiger partial charge on any atom is 0.211 e. The maximum absolute atomic E-state index is 2.34. The van der Waals surface area contributed by atoms with Gasteiger partial charge in [-0.05, 0) is 13.8 Å². The highest BCUT2D eigenvalue weighted by Crippen LogP contribution is 2.10. The lowest BCUT2D eigenvalue weighted by molar-refractivity contribution is -1.14. The summed E-state index contributed by atoms with van der Waals surface area (Å²) in [7, 11) is 13.9. The van der Waals surface area contributed by atoms with Gasteiger partial charge in [0.05, 0.1) is 55.4 Å². The van der Waals surface area contributed by atoms with Gasteiger partial charge in [0.1, 0.15) is 0 Å².